The third kappa shape index (κ3) is 2.98. The van der Waals surface area contributed by atoms with Crippen molar-refractivity contribution in [3.05, 3.63) is 63.6 Å². The van der Waals surface area contributed by atoms with E-state index in [0.29, 0.717) is 16.9 Å². The van der Waals surface area contributed by atoms with Crippen molar-refractivity contribution in [1.82, 2.24) is 0 Å². The van der Waals surface area contributed by atoms with E-state index in [4.69, 9.17) is 4.74 Å². The van der Waals surface area contributed by atoms with Crippen LogP contribution in [0.2, 0.25) is 0 Å². The summed E-state index contributed by atoms with van der Waals surface area (Å²) in [5.74, 6) is -0.556. The van der Waals surface area contributed by atoms with E-state index >= 15 is 0 Å². The summed E-state index contributed by atoms with van der Waals surface area (Å²) in [5.41, 5.74) is 1.96. The number of para-hydroxylation sites is 1. The van der Waals surface area contributed by atoms with Crippen LogP contribution < -0.4 is 4.74 Å². The fourth-order valence-electron chi connectivity index (χ4n) is 2.20. The molecule has 2 aromatic carbocycles. The Kier molecular flexibility index (Phi) is 4.77. The maximum atomic E-state index is 12.7. The molecule has 0 N–H and O–H groups in total. The number of rotatable bonds is 4. The zero-order chi connectivity index (χ0) is 15.4. The van der Waals surface area contributed by atoms with Gasteiger partial charge in [0.1, 0.15) is 11.7 Å². The maximum absolute atomic E-state index is 12.7. The van der Waals surface area contributed by atoms with Gasteiger partial charge in [-0.3, -0.25) is 4.79 Å². The van der Waals surface area contributed by atoms with Crippen LogP contribution in [-0.2, 0) is 0 Å². The van der Waals surface area contributed by atoms with Crippen molar-refractivity contribution in [3.63, 3.8) is 0 Å². The zero-order valence-corrected chi connectivity index (χ0v) is 13.3. The molecule has 0 saturated heterocycles. The Balaban J connectivity index is 2.49. The van der Waals surface area contributed by atoms with E-state index in [1.807, 2.05) is 19.1 Å². The van der Waals surface area contributed by atoms with Crippen LogP contribution >= 0.6 is 15.9 Å². The number of carbonyl (C=O) groups excluding carboxylic acids is 1. The zero-order valence-electron chi connectivity index (χ0n) is 11.8. The lowest BCUT2D eigenvalue weighted by Crippen LogP contribution is -2.13. The summed E-state index contributed by atoms with van der Waals surface area (Å²) in [6.07, 6.45) is 0. The van der Waals surface area contributed by atoms with Gasteiger partial charge in [0, 0.05) is 15.6 Å². The normalized spacial score (nSPS) is 11.5. The first-order valence-electron chi connectivity index (χ1n) is 6.42. The van der Waals surface area contributed by atoms with Crippen LogP contribution in [0.4, 0.5) is 0 Å². The highest BCUT2D eigenvalue weighted by Gasteiger charge is 2.26. The third-order valence-electron chi connectivity index (χ3n) is 3.37. The average molecular weight is 344 g/mol. The minimum Gasteiger partial charge on any atom is -0.496 e. The van der Waals surface area contributed by atoms with Crippen LogP contribution in [0.3, 0.4) is 0 Å². The lowest BCUT2D eigenvalue weighted by atomic mass is 9.89. The summed E-state index contributed by atoms with van der Waals surface area (Å²) in [7, 11) is 1.53. The second-order valence-corrected chi connectivity index (χ2v) is 5.44. The topological polar surface area (TPSA) is 50.1 Å². The Labute approximate surface area is 132 Å². The molecule has 0 radical (unpaired) electrons. The Morgan fingerprint density at radius 1 is 1.24 bits per heavy atom. The Hall–Kier alpha value is -2.12. The van der Waals surface area contributed by atoms with Crippen molar-refractivity contribution >= 4 is 21.7 Å². The smallest absolute Gasteiger partial charge is 0.184 e. The molecule has 4 heteroatoms. The monoisotopic (exact) mass is 343 g/mol. The van der Waals surface area contributed by atoms with E-state index in [1.165, 1.54) is 7.11 Å². The molecule has 0 bridgehead atoms. The highest BCUT2D eigenvalue weighted by atomic mass is 79.9. The maximum Gasteiger partial charge on any atom is 0.184 e. The van der Waals surface area contributed by atoms with Gasteiger partial charge in [0.05, 0.1) is 13.2 Å². The van der Waals surface area contributed by atoms with E-state index in [9.17, 15) is 10.1 Å². The first kappa shape index (κ1) is 15.3. The van der Waals surface area contributed by atoms with Crippen molar-refractivity contribution in [1.29, 1.82) is 5.26 Å². The molecule has 106 valence electrons. The van der Waals surface area contributed by atoms with Crippen molar-refractivity contribution in [2.24, 2.45) is 0 Å². The Morgan fingerprint density at radius 3 is 2.62 bits per heavy atom. The van der Waals surface area contributed by atoms with E-state index in [1.54, 1.807) is 30.3 Å². The van der Waals surface area contributed by atoms with Gasteiger partial charge in [-0.15, -0.1) is 0 Å². The summed E-state index contributed by atoms with van der Waals surface area (Å²) >= 11 is 3.41. The third-order valence-corrected chi connectivity index (χ3v) is 4.23. The molecule has 0 saturated carbocycles. The summed E-state index contributed by atoms with van der Waals surface area (Å²) in [6, 6.07) is 14.6. The van der Waals surface area contributed by atoms with Crippen LogP contribution in [0.25, 0.3) is 0 Å². The Morgan fingerprint density at radius 2 is 1.95 bits per heavy atom. The summed E-state index contributed by atoms with van der Waals surface area (Å²) in [4.78, 5) is 12.7. The number of ether oxygens (including phenoxy) is 1. The summed E-state index contributed by atoms with van der Waals surface area (Å²) < 4.78 is 6.11. The highest BCUT2D eigenvalue weighted by molar-refractivity contribution is 9.10. The quantitative estimate of drug-likeness (QED) is 0.779. The molecule has 0 aliphatic carbocycles. The number of methoxy groups -OCH3 is 1. The molecule has 21 heavy (non-hydrogen) atoms. The molecule has 0 aromatic heterocycles. The average Bonchev–Trinajstić information content (AvgIpc) is 2.51. The fraction of sp³-hybridized carbons (Fsp3) is 0.176. The van der Waals surface area contributed by atoms with Gasteiger partial charge in [0.2, 0.25) is 0 Å². The molecule has 0 heterocycles. The number of ketones is 1. The highest BCUT2D eigenvalue weighted by Crippen LogP contribution is 2.30. The van der Waals surface area contributed by atoms with Crippen LogP contribution in [0, 0.1) is 18.3 Å². The first-order valence-corrected chi connectivity index (χ1v) is 7.21. The van der Waals surface area contributed by atoms with E-state index < -0.39 is 5.92 Å². The van der Waals surface area contributed by atoms with Crippen molar-refractivity contribution in [2.45, 2.75) is 12.8 Å². The van der Waals surface area contributed by atoms with E-state index in [0.717, 1.165) is 10.0 Å². The SMILES string of the molecule is COc1ccccc1C(C#N)C(=O)c1cccc(Br)c1C. The minimum absolute atomic E-state index is 0.221. The van der Waals surface area contributed by atoms with Crippen LogP contribution in [0.5, 0.6) is 5.75 Å². The van der Waals surface area contributed by atoms with Gasteiger partial charge < -0.3 is 4.74 Å². The number of hydrogen-bond donors (Lipinski definition) is 0. The predicted molar refractivity (Wildman–Crippen MR) is 84.6 cm³/mol. The molecule has 0 aliphatic rings. The molecule has 2 rings (SSSR count). The van der Waals surface area contributed by atoms with Gasteiger partial charge in [0.25, 0.3) is 0 Å². The van der Waals surface area contributed by atoms with Gasteiger partial charge in [-0.1, -0.05) is 46.3 Å². The van der Waals surface area contributed by atoms with Gasteiger partial charge >= 0.3 is 0 Å². The molecule has 0 aliphatic heterocycles. The van der Waals surface area contributed by atoms with E-state index in [2.05, 4.69) is 22.0 Å². The number of carbonyl (C=O) groups is 1. The van der Waals surface area contributed by atoms with Crippen molar-refractivity contribution in [2.75, 3.05) is 7.11 Å². The molecule has 0 fully saturated rings. The minimum atomic E-state index is -0.880. The number of halogens is 1. The number of nitrogens with zero attached hydrogens (tertiary/aromatic N) is 1. The van der Waals surface area contributed by atoms with Gasteiger partial charge in [-0.05, 0) is 24.6 Å². The Bertz CT molecular complexity index is 719. The fourth-order valence-corrected chi connectivity index (χ4v) is 2.57. The molecule has 3 nitrogen and oxygen atoms in total. The molecule has 0 amide bonds. The molecule has 1 unspecified atom stereocenters. The molecule has 0 spiro atoms. The molecular weight excluding hydrogens is 330 g/mol. The van der Waals surface area contributed by atoms with Gasteiger partial charge in [-0.2, -0.15) is 5.26 Å². The van der Waals surface area contributed by atoms with Crippen molar-refractivity contribution in [3.8, 4) is 11.8 Å². The van der Waals surface area contributed by atoms with E-state index in [-0.39, 0.29) is 5.78 Å². The molecular formula is C17H14BrNO2. The molecule has 2 aromatic rings. The summed E-state index contributed by atoms with van der Waals surface area (Å²) in [5, 5.41) is 9.45. The number of Topliss-reactive ketones (excluding diaryl/α,β-unsaturated/α-hetero) is 1. The van der Waals surface area contributed by atoms with Crippen LogP contribution in [0.1, 0.15) is 27.4 Å². The molecule has 1 atom stereocenters. The predicted octanol–water partition coefficient (Wildman–Crippen LogP) is 4.26. The first-order chi connectivity index (χ1) is 10.1. The lowest BCUT2D eigenvalue weighted by molar-refractivity contribution is 0.0977. The number of nitriles is 1. The van der Waals surface area contributed by atoms with Crippen molar-refractivity contribution < 1.29 is 9.53 Å². The van der Waals surface area contributed by atoms with Gasteiger partial charge in [0.15, 0.2) is 5.78 Å². The lowest BCUT2D eigenvalue weighted by Gasteiger charge is -2.14. The summed E-state index contributed by atoms with van der Waals surface area (Å²) in [6.45, 7) is 1.86. The standard InChI is InChI=1S/C17H14BrNO2/c1-11-12(7-5-8-15(11)18)17(20)14(10-19)13-6-3-4-9-16(13)21-2/h3-9,14H,1-2H3. The van der Waals surface area contributed by atoms with Gasteiger partial charge in [-0.25, -0.2) is 0 Å². The largest absolute Gasteiger partial charge is 0.496 e. The number of hydrogen-bond acceptors (Lipinski definition) is 3. The van der Waals surface area contributed by atoms with Crippen LogP contribution in [-0.4, -0.2) is 12.9 Å². The second kappa shape index (κ2) is 6.55. The number of benzene rings is 2. The van der Waals surface area contributed by atoms with Crippen LogP contribution in [0.15, 0.2) is 46.9 Å². The second-order valence-electron chi connectivity index (χ2n) is 4.58.